The number of aromatic nitrogens is 1. The van der Waals surface area contributed by atoms with Gasteiger partial charge >= 0.3 is 0 Å². The molecule has 4 heteroatoms. The molecule has 0 saturated heterocycles. The predicted molar refractivity (Wildman–Crippen MR) is 69.0 cm³/mol. The van der Waals surface area contributed by atoms with Crippen LogP contribution in [0.2, 0.25) is 0 Å². The number of rotatable bonds is 0. The van der Waals surface area contributed by atoms with Crippen molar-refractivity contribution in [1.29, 1.82) is 0 Å². The summed E-state index contributed by atoms with van der Waals surface area (Å²) in [7, 11) is 2.04. The highest BCUT2D eigenvalue weighted by atomic mass is 16.6. The lowest BCUT2D eigenvalue weighted by atomic mass is 9.90. The van der Waals surface area contributed by atoms with E-state index < -0.39 is 0 Å². The molecule has 1 aromatic heterocycles. The van der Waals surface area contributed by atoms with Gasteiger partial charge in [-0.2, -0.15) is 0 Å². The van der Waals surface area contributed by atoms with E-state index in [-0.39, 0.29) is 12.0 Å². The van der Waals surface area contributed by atoms with Crippen LogP contribution in [0.4, 0.5) is 0 Å². The fraction of sp³-hybridized carbons (Fsp3) is 0.357. The van der Waals surface area contributed by atoms with Gasteiger partial charge in [0, 0.05) is 30.3 Å². The molecule has 2 aliphatic heterocycles. The van der Waals surface area contributed by atoms with Gasteiger partial charge in [0.05, 0.1) is 11.4 Å². The summed E-state index contributed by atoms with van der Waals surface area (Å²) in [4.78, 5) is 5.38. The Hall–Kier alpha value is -1.97. The molecule has 0 bridgehead atoms. The van der Waals surface area contributed by atoms with E-state index in [4.69, 9.17) is 9.57 Å². The zero-order chi connectivity index (χ0) is 12.3. The van der Waals surface area contributed by atoms with E-state index in [1.165, 1.54) is 10.9 Å². The first-order chi connectivity index (χ1) is 8.74. The summed E-state index contributed by atoms with van der Waals surface area (Å²) in [6, 6.07) is 6.35. The molecule has 0 fully saturated rings. The summed E-state index contributed by atoms with van der Waals surface area (Å²) in [5, 5.41) is 5.43. The Morgan fingerprint density at radius 3 is 3.17 bits per heavy atom. The highest BCUT2D eigenvalue weighted by molar-refractivity contribution is 6.08. The van der Waals surface area contributed by atoms with Gasteiger partial charge in [-0.1, -0.05) is 5.16 Å². The number of benzene rings is 1. The first kappa shape index (κ1) is 10.00. The molecule has 0 saturated carbocycles. The monoisotopic (exact) mass is 242 g/mol. The SMILES string of the molecule is CC1ON=C2c3cc4ccn(C)c4cc3OCC21. The molecule has 4 rings (SSSR count). The van der Waals surface area contributed by atoms with Crippen molar-refractivity contribution < 1.29 is 9.57 Å². The predicted octanol–water partition coefficient (Wildman–Crippen LogP) is 2.31. The number of fused-ring (bicyclic) bond motifs is 4. The summed E-state index contributed by atoms with van der Waals surface area (Å²) < 4.78 is 7.96. The molecule has 0 spiro atoms. The minimum Gasteiger partial charge on any atom is -0.492 e. The molecular formula is C14H14N2O2. The van der Waals surface area contributed by atoms with Gasteiger partial charge in [-0.3, -0.25) is 0 Å². The van der Waals surface area contributed by atoms with Crippen LogP contribution in [-0.4, -0.2) is 23.0 Å². The Kier molecular flexibility index (Phi) is 1.82. The topological polar surface area (TPSA) is 35.8 Å². The van der Waals surface area contributed by atoms with Crippen molar-refractivity contribution in [3.8, 4) is 5.75 Å². The third kappa shape index (κ3) is 1.17. The van der Waals surface area contributed by atoms with Crippen LogP contribution in [0.5, 0.6) is 5.75 Å². The summed E-state index contributed by atoms with van der Waals surface area (Å²) in [5.74, 6) is 1.18. The van der Waals surface area contributed by atoms with Crippen molar-refractivity contribution >= 4 is 16.6 Å². The van der Waals surface area contributed by atoms with Crippen LogP contribution in [0.25, 0.3) is 10.9 Å². The fourth-order valence-electron chi connectivity index (χ4n) is 2.76. The minimum atomic E-state index is 0.111. The molecule has 2 unspecified atom stereocenters. The standard InChI is InChI=1S/C14H14N2O2/c1-8-11-7-17-13-6-12-9(3-4-16(12)2)5-10(13)14(11)15-18-8/h3-6,8,11H,7H2,1-2H3. The van der Waals surface area contributed by atoms with Crippen LogP contribution in [0.3, 0.4) is 0 Å². The molecule has 2 atom stereocenters. The van der Waals surface area contributed by atoms with Crippen molar-refractivity contribution in [3.05, 3.63) is 30.0 Å². The maximum Gasteiger partial charge on any atom is 0.136 e. The normalized spacial score (nSPS) is 25.1. The van der Waals surface area contributed by atoms with Gasteiger partial charge in [0.1, 0.15) is 24.2 Å². The van der Waals surface area contributed by atoms with E-state index in [0.29, 0.717) is 6.61 Å². The molecule has 1 aromatic carbocycles. The van der Waals surface area contributed by atoms with Gasteiger partial charge in [-0.25, -0.2) is 0 Å². The van der Waals surface area contributed by atoms with Crippen LogP contribution in [0.1, 0.15) is 12.5 Å². The lowest BCUT2D eigenvalue weighted by Crippen LogP contribution is -2.32. The lowest BCUT2D eigenvalue weighted by molar-refractivity contribution is 0.0626. The highest BCUT2D eigenvalue weighted by Crippen LogP contribution is 2.36. The molecule has 0 N–H and O–H groups in total. The zero-order valence-corrected chi connectivity index (χ0v) is 10.4. The number of hydrogen-bond acceptors (Lipinski definition) is 3. The molecule has 18 heavy (non-hydrogen) atoms. The average Bonchev–Trinajstić information content (AvgIpc) is 2.92. The van der Waals surface area contributed by atoms with E-state index in [0.717, 1.165) is 17.0 Å². The van der Waals surface area contributed by atoms with E-state index in [1.54, 1.807) is 0 Å². The van der Waals surface area contributed by atoms with E-state index in [2.05, 4.69) is 34.1 Å². The summed E-state index contributed by atoms with van der Waals surface area (Å²) in [5.41, 5.74) is 3.29. The van der Waals surface area contributed by atoms with Crippen molar-refractivity contribution in [2.24, 2.45) is 18.1 Å². The van der Waals surface area contributed by atoms with Crippen LogP contribution < -0.4 is 4.74 Å². The van der Waals surface area contributed by atoms with Crippen molar-refractivity contribution in [2.45, 2.75) is 13.0 Å². The first-order valence-corrected chi connectivity index (χ1v) is 6.20. The Bertz CT molecular complexity index is 672. The van der Waals surface area contributed by atoms with Crippen molar-refractivity contribution in [2.75, 3.05) is 6.61 Å². The molecule has 2 aromatic rings. The zero-order valence-electron chi connectivity index (χ0n) is 10.4. The number of oxime groups is 1. The molecule has 3 heterocycles. The molecule has 2 aliphatic rings. The Balaban J connectivity index is 1.95. The molecule has 0 aliphatic carbocycles. The van der Waals surface area contributed by atoms with Crippen LogP contribution >= 0.6 is 0 Å². The van der Waals surface area contributed by atoms with Gasteiger partial charge in [-0.15, -0.1) is 0 Å². The Labute approximate surface area is 105 Å². The Morgan fingerprint density at radius 2 is 2.28 bits per heavy atom. The number of hydrogen-bond donors (Lipinski definition) is 0. The number of nitrogens with zero attached hydrogens (tertiary/aromatic N) is 2. The summed E-state index contributed by atoms with van der Waals surface area (Å²) >= 11 is 0. The fourth-order valence-corrected chi connectivity index (χ4v) is 2.76. The largest absolute Gasteiger partial charge is 0.492 e. The van der Waals surface area contributed by atoms with Gasteiger partial charge in [-0.05, 0) is 19.1 Å². The second kappa shape index (κ2) is 3.28. The molecule has 0 radical (unpaired) electrons. The Morgan fingerprint density at radius 1 is 1.39 bits per heavy atom. The first-order valence-electron chi connectivity index (χ1n) is 6.20. The maximum absolute atomic E-state index is 5.87. The number of aryl methyl sites for hydroxylation is 1. The minimum absolute atomic E-state index is 0.111. The highest BCUT2D eigenvalue weighted by Gasteiger charge is 2.37. The third-order valence-electron chi connectivity index (χ3n) is 3.92. The molecular weight excluding hydrogens is 228 g/mol. The molecule has 92 valence electrons. The van der Waals surface area contributed by atoms with Gasteiger partial charge in [0.2, 0.25) is 0 Å². The van der Waals surface area contributed by atoms with E-state index >= 15 is 0 Å². The van der Waals surface area contributed by atoms with E-state index in [1.807, 2.05) is 14.0 Å². The van der Waals surface area contributed by atoms with Crippen LogP contribution in [0.15, 0.2) is 29.6 Å². The maximum atomic E-state index is 5.87. The summed E-state index contributed by atoms with van der Waals surface area (Å²) in [6.07, 6.45) is 2.17. The van der Waals surface area contributed by atoms with Crippen LogP contribution in [0, 0.1) is 5.92 Å². The molecule has 0 amide bonds. The van der Waals surface area contributed by atoms with E-state index in [9.17, 15) is 0 Å². The quantitative estimate of drug-likeness (QED) is 0.710. The number of ether oxygens (including phenoxy) is 1. The lowest BCUT2D eigenvalue weighted by Gasteiger charge is -2.24. The third-order valence-corrected chi connectivity index (χ3v) is 3.92. The van der Waals surface area contributed by atoms with Gasteiger partial charge < -0.3 is 14.1 Å². The summed E-state index contributed by atoms with van der Waals surface area (Å²) in [6.45, 7) is 2.69. The average molecular weight is 242 g/mol. The van der Waals surface area contributed by atoms with Crippen molar-refractivity contribution in [1.82, 2.24) is 4.57 Å². The molecule has 4 nitrogen and oxygen atoms in total. The van der Waals surface area contributed by atoms with Crippen LogP contribution in [-0.2, 0) is 11.9 Å². The second-order valence-electron chi connectivity index (χ2n) is 5.04. The second-order valence-corrected chi connectivity index (χ2v) is 5.04. The smallest absolute Gasteiger partial charge is 0.136 e. The van der Waals surface area contributed by atoms with Gasteiger partial charge in [0.25, 0.3) is 0 Å². The van der Waals surface area contributed by atoms with Crippen molar-refractivity contribution in [3.63, 3.8) is 0 Å². The van der Waals surface area contributed by atoms with Gasteiger partial charge in [0.15, 0.2) is 0 Å².